The van der Waals surface area contributed by atoms with Crippen LogP contribution in [0.25, 0.3) is 10.9 Å². The average molecular weight is 417 g/mol. The number of hydrogen-bond donors (Lipinski definition) is 0. The normalized spacial score (nSPS) is 14.6. The molecular weight excluding hydrogens is 388 g/mol. The minimum absolute atomic E-state index is 0. The summed E-state index contributed by atoms with van der Waals surface area (Å²) in [4.78, 5) is 2.48. The van der Waals surface area contributed by atoms with E-state index < -0.39 is 0 Å². The van der Waals surface area contributed by atoms with Gasteiger partial charge in [-0.15, -0.1) is 12.4 Å². The Labute approximate surface area is 178 Å². The highest BCUT2D eigenvalue weighted by molar-refractivity contribution is 5.86. The minimum Gasteiger partial charge on any atom is -0.497 e. The van der Waals surface area contributed by atoms with Crippen LogP contribution in [0.4, 0.5) is 0 Å². The summed E-state index contributed by atoms with van der Waals surface area (Å²) < 4.78 is 18.6. The fourth-order valence-electron chi connectivity index (χ4n) is 3.84. The molecule has 0 atom stereocenters. The van der Waals surface area contributed by atoms with Gasteiger partial charge in [0.15, 0.2) is 0 Å². The predicted molar refractivity (Wildman–Crippen MR) is 119 cm³/mol. The zero-order chi connectivity index (χ0) is 19.3. The third-order valence-electron chi connectivity index (χ3n) is 5.48. The lowest BCUT2D eigenvalue weighted by Crippen LogP contribution is -2.37. The van der Waals surface area contributed by atoms with E-state index in [1.54, 1.807) is 14.2 Å². The average Bonchev–Trinajstić information content (AvgIpc) is 3.10. The number of ether oxygens (including phenoxy) is 3. The van der Waals surface area contributed by atoms with Gasteiger partial charge in [0.25, 0.3) is 0 Å². The molecule has 0 bridgehead atoms. The van der Waals surface area contributed by atoms with Gasteiger partial charge in [0.2, 0.25) is 0 Å². The Morgan fingerprint density at radius 2 is 1.62 bits per heavy atom. The second-order valence-corrected chi connectivity index (χ2v) is 7.22. The van der Waals surface area contributed by atoms with Crippen LogP contribution < -0.4 is 9.47 Å². The lowest BCUT2D eigenvalue weighted by Gasteiger charge is -2.26. The molecule has 4 rings (SSSR count). The Bertz CT molecular complexity index is 918. The van der Waals surface area contributed by atoms with Crippen LogP contribution in [0.3, 0.4) is 0 Å². The van der Waals surface area contributed by atoms with Gasteiger partial charge < -0.3 is 18.8 Å². The van der Waals surface area contributed by atoms with E-state index in [0.717, 1.165) is 57.3 Å². The molecule has 1 saturated heterocycles. The molecule has 1 aliphatic rings. The van der Waals surface area contributed by atoms with Crippen molar-refractivity contribution in [3.8, 4) is 11.5 Å². The first-order chi connectivity index (χ1) is 13.8. The molecule has 6 heteroatoms. The second-order valence-electron chi connectivity index (χ2n) is 7.22. The van der Waals surface area contributed by atoms with Crippen molar-refractivity contribution in [2.24, 2.45) is 0 Å². The van der Waals surface area contributed by atoms with E-state index in [2.05, 4.69) is 39.9 Å². The van der Waals surface area contributed by atoms with Gasteiger partial charge in [-0.05, 0) is 47.9 Å². The number of nitrogens with zero attached hydrogens (tertiary/aromatic N) is 2. The fourth-order valence-corrected chi connectivity index (χ4v) is 3.84. The summed E-state index contributed by atoms with van der Waals surface area (Å²) in [6.07, 6.45) is 3.33. The van der Waals surface area contributed by atoms with Crippen LogP contribution in [-0.2, 0) is 17.7 Å². The molecule has 0 radical (unpaired) electrons. The number of halogens is 1. The first-order valence-electron chi connectivity index (χ1n) is 9.85. The van der Waals surface area contributed by atoms with Gasteiger partial charge in [-0.25, -0.2) is 0 Å². The molecule has 1 aliphatic heterocycles. The molecule has 1 aromatic heterocycles. The molecule has 29 heavy (non-hydrogen) atoms. The quantitative estimate of drug-likeness (QED) is 0.583. The van der Waals surface area contributed by atoms with Crippen molar-refractivity contribution in [3.63, 3.8) is 0 Å². The van der Waals surface area contributed by atoms with E-state index in [-0.39, 0.29) is 12.4 Å². The van der Waals surface area contributed by atoms with Gasteiger partial charge in [0.1, 0.15) is 11.5 Å². The number of rotatable bonds is 7. The topological polar surface area (TPSA) is 35.9 Å². The number of hydrogen-bond acceptors (Lipinski definition) is 4. The highest BCUT2D eigenvalue weighted by Crippen LogP contribution is 2.27. The van der Waals surface area contributed by atoms with Gasteiger partial charge >= 0.3 is 0 Å². The fraction of sp³-hybridized carbons (Fsp3) is 0.391. The van der Waals surface area contributed by atoms with E-state index in [0.29, 0.717) is 0 Å². The maximum atomic E-state index is 5.47. The van der Waals surface area contributed by atoms with E-state index in [1.807, 2.05) is 18.2 Å². The minimum atomic E-state index is 0. The molecule has 2 aromatic carbocycles. The number of aromatic nitrogens is 1. The summed E-state index contributed by atoms with van der Waals surface area (Å²) in [7, 11) is 3.42. The zero-order valence-corrected chi connectivity index (χ0v) is 17.9. The highest BCUT2D eigenvalue weighted by atomic mass is 35.5. The van der Waals surface area contributed by atoms with Gasteiger partial charge in [-0.1, -0.05) is 12.1 Å². The standard InChI is InChI=1S/C23H28N2O3.ClH/c1-26-20-5-3-18(4-6-20)16-25-17-19(9-10-24-11-13-28-14-12-24)22-15-21(27-2)7-8-23(22)25;/h3-8,15,17H,9-14,16H2,1-2H3;1H. The molecule has 5 nitrogen and oxygen atoms in total. The molecule has 0 amide bonds. The Hall–Kier alpha value is -2.21. The Morgan fingerprint density at radius 1 is 0.931 bits per heavy atom. The van der Waals surface area contributed by atoms with E-state index in [4.69, 9.17) is 14.2 Å². The van der Waals surface area contributed by atoms with Crippen molar-refractivity contribution < 1.29 is 14.2 Å². The van der Waals surface area contributed by atoms with Crippen LogP contribution in [0.1, 0.15) is 11.1 Å². The van der Waals surface area contributed by atoms with Crippen molar-refractivity contribution in [2.45, 2.75) is 13.0 Å². The summed E-state index contributed by atoms with van der Waals surface area (Å²) in [5, 5.41) is 1.28. The van der Waals surface area contributed by atoms with Crippen LogP contribution in [0, 0.1) is 0 Å². The Kier molecular flexibility index (Phi) is 7.42. The van der Waals surface area contributed by atoms with Crippen LogP contribution in [0.2, 0.25) is 0 Å². The van der Waals surface area contributed by atoms with Crippen molar-refractivity contribution in [3.05, 3.63) is 59.8 Å². The number of methoxy groups -OCH3 is 2. The SMILES string of the molecule is COc1ccc(Cn2cc(CCN3CCOCC3)c3cc(OC)ccc32)cc1.Cl. The molecule has 1 fully saturated rings. The zero-order valence-electron chi connectivity index (χ0n) is 17.1. The summed E-state index contributed by atoms with van der Waals surface area (Å²) in [6, 6.07) is 14.7. The molecule has 0 saturated carbocycles. The summed E-state index contributed by atoms with van der Waals surface area (Å²) in [6.45, 7) is 5.62. The van der Waals surface area contributed by atoms with Crippen molar-refractivity contribution in [1.82, 2.24) is 9.47 Å². The van der Waals surface area contributed by atoms with Crippen molar-refractivity contribution >= 4 is 23.3 Å². The molecule has 0 unspecified atom stereocenters. The van der Waals surface area contributed by atoms with Gasteiger partial charge in [-0.2, -0.15) is 0 Å². The monoisotopic (exact) mass is 416 g/mol. The van der Waals surface area contributed by atoms with Crippen LogP contribution in [0.5, 0.6) is 11.5 Å². The third-order valence-corrected chi connectivity index (χ3v) is 5.48. The maximum absolute atomic E-state index is 5.47. The third kappa shape index (κ3) is 5.04. The van der Waals surface area contributed by atoms with Crippen molar-refractivity contribution in [2.75, 3.05) is 47.1 Å². The maximum Gasteiger partial charge on any atom is 0.119 e. The highest BCUT2D eigenvalue weighted by Gasteiger charge is 2.14. The molecule has 0 spiro atoms. The first-order valence-corrected chi connectivity index (χ1v) is 9.85. The molecular formula is C23H29ClN2O3. The Morgan fingerprint density at radius 3 is 2.31 bits per heavy atom. The Balaban J connectivity index is 0.00000240. The summed E-state index contributed by atoms with van der Waals surface area (Å²) in [5.41, 5.74) is 3.87. The first kappa shape index (κ1) is 21.5. The van der Waals surface area contributed by atoms with Crippen LogP contribution in [-0.4, -0.2) is 56.5 Å². The predicted octanol–water partition coefficient (Wildman–Crippen LogP) is 4.00. The van der Waals surface area contributed by atoms with Gasteiger partial charge in [0, 0.05) is 43.3 Å². The summed E-state index contributed by atoms with van der Waals surface area (Å²) in [5.74, 6) is 1.79. The lowest BCUT2D eigenvalue weighted by atomic mass is 10.1. The van der Waals surface area contributed by atoms with E-state index in [9.17, 15) is 0 Å². The summed E-state index contributed by atoms with van der Waals surface area (Å²) >= 11 is 0. The number of benzene rings is 2. The van der Waals surface area contributed by atoms with Crippen LogP contribution >= 0.6 is 12.4 Å². The van der Waals surface area contributed by atoms with E-state index >= 15 is 0 Å². The van der Waals surface area contributed by atoms with Gasteiger partial charge in [-0.3, -0.25) is 4.90 Å². The molecule has 156 valence electrons. The molecule has 2 heterocycles. The van der Waals surface area contributed by atoms with Crippen molar-refractivity contribution in [1.29, 1.82) is 0 Å². The molecule has 0 N–H and O–H groups in total. The van der Waals surface area contributed by atoms with E-state index in [1.165, 1.54) is 22.0 Å². The number of fused-ring (bicyclic) bond motifs is 1. The largest absolute Gasteiger partial charge is 0.497 e. The molecule has 3 aromatic rings. The second kappa shape index (κ2) is 10.0. The molecule has 0 aliphatic carbocycles. The van der Waals surface area contributed by atoms with Gasteiger partial charge in [0.05, 0.1) is 27.4 Å². The lowest BCUT2D eigenvalue weighted by molar-refractivity contribution is 0.0385. The number of morpholine rings is 1. The van der Waals surface area contributed by atoms with Crippen LogP contribution in [0.15, 0.2) is 48.7 Å². The smallest absolute Gasteiger partial charge is 0.119 e.